The number of carbonyl (C=O) groups excluding carboxylic acids is 1. The molecule has 78 valence electrons. The van der Waals surface area contributed by atoms with E-state index in [1.54, 1.807) is 0 Å². The van der Waals surface area contributed by atoms with Gasteiger partial charge in [0.2, 0.25) is 0 Å². The molecule has 1 unspecified atom stereocenters. The van der Waals surface area contributed by atoms with Crippen molar-refractivity contribution < 1.29 is 4.79 Å². The molecule has 0 rings (SSSR count). The number of unbranched alkanes of at least 4 members (excludes halogenated alkanes) is 1. The summed E-state index contributed by atoms with van der Waals surface area (Å²) in [7, 11) is 0. The summed E-state index contributed by atoms with van der Waals surface area (Å²) in [6, 6.07) is -0.305. The van der Waals surface area contributed by atoms with Crippen molar-refractivity contribution in [2.75, 3.05) is 0 Å². The number of amides is 2. The van der Waals surface area contributed by atoms with Crippen LogP contribution in [0.15, 0.2) is 0 Å². The molecule has 0 bridgehead atoms. The van der Waals surface area contributed by atoms with Crippen LogP contribution in [0.2, 0.25) is 0 Å². The van der Waals surface area contributed by atoms with E-state index in [4.69, 9.17) is 5.84 Å². The zero-order valence-electron chi connectivity index (χ0n) is 8.81. The topological polar surface area (TPSA) is 67.2 Å². The lowest BCUT2D eigenvalue weighted by Crippen LogP contribution is -2.51. The molecule has 0 radical (unpaired) electrons. The van der Waals surface area contributed by atoms with Gasteiger partial charge in [0.25, 0.3) is 0 Å². The normalized spacial score (nSPS) is 14.8. The van der Waals surface area contributed by atoms with Gasteiger partial charge >= 0.3 is 6.03 Å². The van der Waals surface area contributed by atoms with Gasteiger partial charge in [-0.25, -0.2) is 10.6 Å². The van der Waals surface area contributed by atoms with Crippen LogP contribution < -0.4 is 16.6 Å². The Morgan fingerprint density at radius 3 is 2.46 bits per heavy atom. The van der Waals surface area contributed by atoms with Crippen molar-refractivity contribution in [3.8, 4) is 0 Å². The second-order valence-corrected chi connectivity index (χ2v) is 3.62. The van der Waals surface area contributed by atoms with Gasteiger partial charge in [0.15, 0.2) is 0 Å². The molecule has 2 amide bonds. The number of hydrogen-bond donors (Lipinski definition) is 3. The Bertz CT molecular complexity index is 161. The van der Waals surface area contributed by atoms with Crippen LogP contribution in [0.1, 0.15) is 46.5 Å². The fraction of sp³-hybridized carbons (Fsp3) is 0.889. The largest absolute Gasteiger partial charge is 0.332 e. The summed E-state index contributed by atoms with van der Waals surface area (Å²) >= 11 is 0. The summed E-state index contributed by atoms with van der Waals surface area (Å²) in [6.45, 7) is 6.24. The molecule has 0 aliphatic rings. The first-order valence-corrected chi connectivity index (χ1v) is 4.86. The summed E-state index contributed by atoms with van der Waals surface area (Å²) < 4.78 is 0. The maximum Gasteiger partial charge on any atom is 0.329 e. The van der Waals surface area contributed by atoms with Crippen LogP contribution in [0.25, 0.3) is 0 Å². The smallest absolute Gasteiger partial charge is 0.329 e. The lowest BCUT2D eigenvalue weighted by Gasteiger charge is -2.29. The highest BCUT2D eigenvalue weighted by molar-refractivity contribution is 5.73. The summed E-state index contributed by atoms with van der Waals surface area (Å²) in [6.07, 6.45) is 4.17. The van der Waals surface area contributed by atoms with Crippen LogP contribution in [-0.2, 0) is 0 Å². The molecule has 0 aliphatic heterocycles. The Hall–Kier alpha value is -0.770. The molecule has 13 heavy (non-hydrogen) atoms. The number of nitrogens with two attached hydrogens (primary N) is 1. The minimum atomic E-state index is -0.305. The van der Waals surface area contributed by atoms with Gasteiger partial charge < -0.3 is 5.32 Å². The molecule has 0 fully saturated rings. The van der Waals surface area contributed by atoms with Crippen LogP contribution >= 0.6 is 0 Å². The lowest BCUT2D eigenvalue weighted by atomic mass is 9.92. The number of carbonyl (C=O) groups is 1. The van der Waals surface area contributed by atoms with E-state index < -0.39 is 0 Å². The van der Waals surface area contributed by atoms with E-state index in [1.165, 1.54) is 0 Å². The maximum absolute atomic E-state index is 11.0. The maximum atomic E-state index is 11.0. The van der Waals surface area contributed by atoms with Gasteiger partial charge in [-0.3, -0.25) is 5.43 Å². The van der Waals surface area contributed by atoms with Crippen LogP contribution in [0.4, 0.5) is 4.79 Å². The number of hydrazine groups is 1. The predicted octanol–water partition coefficient (Wildman–Crippen LogP) is 1.52. The minimum Gasteiger partial charge on any atom is -0.332 e. The van der Waals surface area contributed by atoms with Crippen molar-refractivity contribution >= 4 is 6.03 Å². The average Bonchev–Trinajstić information content (AvgIpc) is 2.14. The summed E-state index contributed by atoms with van der Waals surface area (Å²) in [5, 5.41) is 2.85. The summed E-state index contributed by atoms with van der Waals surface area (Å²) in [5.41, 5.74) is 1.96. The van der Waals surface area contributed by atoms with E-state index >= 15 is 0 Å². The van der Waals surface area contributed by atoms with Gasteiger partial charge in [-0.2, -0.15) is 0 Å². The molecule has 4 nitrogen and oxygen atoms in total. The van der Waals surface area contributed by atoms with Crippen LogP contribution in [0.5, 0.6) is 0 Å². The molecule has 1 atom stereocenters. The van der Waals surface area contributed by atoms with Crippen LogP contribution in [0, 0.1) is 0 Å². The minimum absolute atomic E-state index is 0.126. The molecule has 0 saturated carbocycles. The van der Waals surface area contributed by atoms with Crippen molar-refractivity contribution in [2.24, 2.45) is 5.84 Å². The van der Waals surface area contributed by atoms with E-state index in [1.807, 2.05) is 6.92 Å². The van der Waals surface area contributed by atoms with Gasteiger partial charge in [0, 0.05) is 5.54 Å². The Morgan fingerprint density at radius 1 is 1.46 bits per heavy atom. The first-order valence-electron chi connectivity index (χ1n) is 4.86. The van der Waals surface area contributed by atoms with Crippen molar-refractivity contribution in [3.05, 3.63) is 0 Å². The SMILES string of the molecule is CCCCC(C)(CC)NC(=O)NN. The van der Waals surface area contributed by atoms with Gasteiger partial charge in [-0.15, -0.1) is 0 Å². The first kappa shape index (κ1) is 12.2. The first-order chi connectivity index (χ1) is 6.08. The van der Waals surface area contributed by atoms with Crippen LogP contribution in [-0.4, -0.2) is 11.6 Å². The highest BCUT2D eigenvalue weighted by atomic mass is 16.2. The standard InChI is InChI=1S/C9H21N3O/c1-4-6-7-9(3,5-2)11-8(13)12-10/h4-7,10H2,1-3H3,(H2,11,12,13). The zero-order chi connectivity index (χ0) is 10.3. The third kappa shape index (κ3) is 4.72. The monoisotopic (exact) mass is 187 g/mol. The molecular weight excluding hydrogens is 166 g/mol. The van der Waals surface area contributed by atoms with Crippen molar-refractivity contribution in [1.82, 2.24) is 10.7 Å². The van der Waals surface area contributed by atoms with E-state index in [0.29, 0.717) is 0 Å². The fourth-order valence-corrected chi connectivity index (χ4v) is 1.20. The molecule has 0 spiro atoms. The third-order valence-electron chi connectivity index (χ3n) is 2.41. The zero-order valence-corrected chi connectivity index (χ0v) is 8.81. The van der Waals surface area contributed by atoms with E-state index in [0.717, 1.165) is 25.7 Å². The van der Waals surface area contributed by atoms with Gasteiger partial charge in [-0.05, 0) is 19.8 Å². The molecule has 4 N–H and O–H groups in total. The van der Waals surface area contributed by atoms with Gasteiger partial charge in [-0.1, -0.05) is 26.7 Å². The molecule has 0 saturated heterocycles. The van der Waals surface area contributed by atoms with Crippen LogP contribution in [0.3, 0.4) is 0 Å². The summed E-state index contributed by atoms with van der Waals surface area (Å²) in [4.78, 5) is 11.0. The quantitative estimate of drug-likeness (QED) is 0.347. The Balaban J connectivity index is 4.02. The number of nitrogens with one attached hydrogen (secondary N) is 2. The van der Waals surface area contributed by atoms with Gasteiger partial charge in [0.05, 0.1) is 0 Å². The van der Waals surface area contributed by atoms with Crippen molar-refractivity contribution in [3.63, 3.8) is 0 Å². The Kier molecular flexibility index (Phi) is 5.46. The number of hydrogen-bond acceptors (Lipinski definition) is 2. The Morgan fingerprint density at radius 2 is 2.08 bits per heavy atom. The van der Waals surface area contributed by atoms with E-state index in [-0.39, 0.29) is 11.6 Å². The summed E-state index contributed by atoms with van der Waals surface area (Å²) in [5.74, 6) is 5.00. The molecule has 0 heterocycles. The lowest BCUT2D eigenvalue weighted by molar-refractivity contribution is 0.222. The third-order valence-corrected chi connectivity index (χ3v) is 2.41. The highest BCUT2D eigenvalue weighted by Gasteiger charge is 2.22. The van der Waals surface area contributed by atoms with E-state index in [9.17, 15) is 4.79 Å². The second kappa shape index (κ2) is 5.80. The Labute approximate surface area is 80.2 Å². The number of urea groups is 1. The molecule has 0 aliphatic carbocycles. The molecule has 4 heteroatoms. The molecule has 0 aromatic carbocycles. The molecular formula is C9H21N3O. The molecule has 0 aromatic heterocycles. The number of rotatable bonds is 5. The van der Waals surface area contributed by atoms with E-state index in [2.05, 4.69) is 24.6 Å². The van der Waals surface area contributed by atoms with Crippen molar-refractivity contribution in [2.45, 2.75) is 52.0 Å². The predicted molar refractivity (Wildman–Crippen MR) is 54.1 cm³/mol. The second-order valence-electron chi connectivity index (χ2n) is 3.62. The highest BCUT2D eigenvalue weighted by Crippen LogP contribution is 2.17. The average molecular weight is 187 g/mol. The molecule has 0 aromatic rings. The van der Waals surface area contributed by atoms with Gasteiger partial charge in [0.1, 0.15) is 0 Å². The fourth-order valence-electron chi connectivity index (χ4n) is 1.20. The van der Waals surface area contributed by atoms with Crippen molar-refractivity contribution in [1.29, 1.82) is 0 Å².